The molecule has 0 fully saturated rings. The maximum atomic E-state index is 12.9. The van der Waals surface area contributed by atoms with E-state index in [0.717, 1.165) is 12.1 Å². The van der Waals surface area contributed by atoms with E-state index in [1.807, 2.05) is 0 Å². The summed E-state index contributed by atoms with van der Waals surface area (Å²) in [5.74, 6) is -0.944. The zero-order valence-electron chi connectivity index (χ0n) is 9.17. The van der Waals surface area contributed by atoms with Crippen LogP contribution in [0.2, 0.25) is 0 Å². The fourth-order valence-corrected chi connectivity index (χ4v) is 1.72. The summed E-state index contributed by atoms with van der Waals surface area (Å²) in [5, 5.41) is 3.58. The summed E-state index contributed by atoms with van der Waals surface area (Å²) in [7, 11) is 0. The van der Waals surface area contributed by atoms with E-state index < -0.39 is 23.7 Å². The maximum Gasteiger partial charge on any atom is 0.417 e. The molecule has 0 spiro atoms. The summed E-state index contributed by atoms with van der Waals surface area (Å²) >= 11 is 0. The van der Waals surface area contributed by atoms with Crippen molar-refractivity contribution in [3.8, 4) is 0 Å². The van der Waals surface area contributed by atoms with E-state index in [1.165, 1.54) is 0 Å². The summed E-state index contributed by atoms with van der Waals surface area (Å²) in [5.41, 5.74) is 4.26. The predicted molar refractivity (Wildman–Crippen MR) is 56.5 cm³/mol. The Morgan fingerprint density at radius 2 is 2.11 bits per heavy atom. The lowest BCUT2D eigenvalue weighted by atomic mass is 9.99. The van der Waals surface area contributed by atoms with Gasteiger partial charge >= 0.3 is 6.18 Å². The topological polar surface area (TPSA) is 47.6 Å². The van der Waals surface area contributed by atoms with Gasteiger partial charge in [0.1, 0.15) is 11.9 Å². The monoisotopic (exact) mass is 262 g/mol. The standard InChI is InChI=1S/C11H10F4N2O/c12-6-1-2-8(9(3-6)11(13,14)15)10-4-7(5-16)18-17-10/h1-3,7H,4-5,16H2. The van der Waals surface area contributed by atoms with Crippen LogP contribution in [-0.2, 0) is 11.0 Å². The van der Waals surface area contributed by atoms with E-state index in [1.54, 1.807) is 0 Å². The molecule has 1 aromatic rings. The van der Waals surface area contributed by atoms with Crippen LogP contribution in [-0.4, -0.2) is 18.4 Å². The first-order valence-corrected chi connectivity index (χ1v) is 5.21. The lowest BCUT2D eigenvalue weighted by Crippen LogP contribution is -2.21. The molecule has 0 radical (unpaired) electrons. The molecule has 18 heavy (non-hydrogen) atoms. The van der Waals surface area contributed by atoms with Crippen molar-refractivity contribution in [2.75, 3.05) is 6.54 Å². The van der Waals surface area contributed by atoms with Gasteiger partial charge in [-0.15, -0.1) is 0 Å². The van der Waals surface area contributed by atoms with Crippen molar-refractivity contribution in [3.63, 3.8) is 0 Å². The molecule has 0 saturated heterocycles. The fraction of sp³-hybridized carbons (Fsp3) is 0.364. The van der Waals surface area contributed by atoms with E-state index in [0.29, 0.717) is 6.07 Å². The van der Waals surface area contributed by atoms with Crippen LogP contribution in [0.25, 0.3) is 0 Å². The summed E-state index contributed by atoms with van der Waals surface area (Å²) in [4.78, 5) is 4.87. The van der Waals surface area contributed by atoms with Gasteiger partial charge < -0.3 is 10.6 Å². The molecular formula is C11H10F4N2O. The average molecular weight is 262 g/mol. The number of rotatable bonds is 2. The molecule has 0 amide bonds. The quantitative estimate of drug-likeness (QED) is 0.831. The van der Waals surface area contributed by atoms with Gasteiger partial charge in [-0.25, -0.2) is 4.39 Å². The van der Waals surface area contributed by atoms with E-state index in [2.05, 4.69) is 5.16 Å². The minimum absolute atomic E-state index is 0.137. The molecule has 1 unspecified atom stereocenters. The van der Waals surface area contributed by atoms with Gasteiger partial charge in [0.15, 0.2) is 0 Å². The second kappa shape index (κ2) is 4.56. The van der Waals surface area contributed by atoms with Gasteiger partial charge in [0.05, 0.1) is 11.3 Å². The normalized spacial score (nSPS) is 19.6. The van der Waals surface area contributed by atoms with E-state index in [4.69, 9.17) is 10.6 Å². The van der Waals surface area contributed by atoms with E-state index >= 15 is 0 Å². The molecule has 0 saturated carbocycles. The molecule has 1 aliphatic rings. The Labute approximate surface area is 100 Å². The Balaban J connectivity index is 2.40. The van der Waals surface area contributed by atoms with Crippen LogP contribution in [0.3, 0.4) is 0 Å². The molecule has 0 aromatic heterocycles. The Bertz CT molecular complexity index is 484. The zero-order chi connectivity index (χ0) is 13.3. The van der Waals surface area contributed by atoms with Crippen LogP contribution in [0, 0.1) is 5.82 Å². The minimum Gasteiger partial charge on any atom is -0.390 e. The largest absolute Gasteiger partial charge is 0.417 e. The number of nitrogens with zero attached hydrogens (tertiary/aromatic N) is 1. The molecule has 7 heteroatoms. The fourth-order valence-electron chi connectivity index (χ4n) is 1.72. The maximum absolute atomic E-state index is 12.9. The van der Waals surface area contributed by atoms with E-state index in [9.17, 15) is 17.6 Å². The molecule has 0 aliphatic carbocycles. The predicted octanol–water partition coefficient (Wildman–Crippen LogP) is 2.30. The van der Waals surface area contributed by atoms with Crippen molar-refractivity contribution >= 4 is 5.71 Å². The lowest BCUT2D eigenvalue weighted by Gasteiger charge is -2.12. The molecule has 1 atom stereocenters. The number of halogens is 4. The summed E-state index contributed by atoms with van der Waals surface area (Å²) < 4.78 is 51.2. The third kappa shape index (κ3) is 2.45. The highest BCUT2D eigenvalue weighted by Gasteiger charge is 2.36. The number of oxime groups is 1. The first kappa shape index (κ1) is 12.8. The molecule has 2 rings (SSSR count). The van der Waals surface area contributed by atoms with Crippen LogP contribution in [0.15, 0.2) is 23.4 Å². The smallest absolute Gasteiger partial charge is 0.390 e. The van der Waals surface area contributed by atoms with Gasteiger partial charge in [-0.2, -0.15) is 13.2 Å². The number of hydrogen-bond donors (Lipinski definition) is 1. The number of benzene rings is 1. The molecule has 1 aromatic carbocycles. The summed E-state index contributed by atoms with van der Waals surface area (Å²) in [6, 6.07) is 2.47. The minimum atomic E-state index is -4.64. The highest BCUT2D eigenvalue weighted by molar-refractivity contribution is 6.02. The van der Waals surface area contributed by atoms with Crippen LogP contribution in [0.5, 0.6) is 0 Å². The molecule has 1 heterocycles. The van der Waals surface area contributed by atoms with Gasteiger partial charge in [-0.1, -0.05) is 5.16 Å². The van der Waals surface area contributed by atoms with Crippen LogP contribution in [0.1, 0.15) is 17.5 Å². The Kier molecular flexibility index (Phi) is 3.25. The molecule has 3 nitrogen and oxygen atoms in total. The summed E-state index contributed by atoms with van der Waals surface area (Å²) in [6.07, 6.45) is -4.88. The van der Waals surface area contributed by atoms with Crippen LogP contribution in [0.4, 0.5) is 17.6 Å². The zero-order valence-corrected chi connectivity index (χ0v) is 9.17. The molecule has 0 bridgehead atoms. The third-order valence-electron chi connectivity index (χ3n) is 2.59. The Hall–Kier alpha value is -1.63. The van der Waals surface area contributed by atoms with Crippen molar-refractivity contribution < 1.29 is 22.4 Å². The van der Waals surface area contributed by atoms with Crippen molar-refractivity contribution in [2.24, 2.45) is 10.9 Å². The molecule has 2 N–H and O–H groups in total. The number of alkyl halides is 3. The number of nitrogens with two attached hydrogens (primary N) is 1. The summed E-state index contributed by atoms with van der Waals surface area (Å²) in [6.45, 7) is 0.162. The van der Waals surface area contributed by atoms with Crippen LogP contribution < -0.4 is 5.73 Å². The van der Waals surface area contributed by atoms with E-state index in [-0.39, 0.29) is 24.2 Å². The van der Waals surface area contributed by atoms with Gasteiger partial charge in [0.25, 0.3) is 0 Å². The van der Waals surface area contributed by atoms with Crippen molar-refractivity contribution in [1.29, 1.82) is 0 Å². The highest BCUT2D eigenvalue weighted by atomic mass is 19.4. The SMILES string of the molecule is NCC1CC(c2ccc(F)cc2C(F)(F)F)=NO1. The van der Waals surface area contributed by atoms with Gasteiger partial charge in [-0.05, 0) is 18.2 Å². The molecular weight excluding hydrogens is 252 g/mol. The molecule has 98 valence electrons. The Morgan fingerprint density at radius 3 is 2.67 bits per heavy atom. The first-order chi connectivity index (χ1) is 8.41. The van der Waals surface area contributed by atoms with Crippen molar-refractivity contribution in [2.45, 2.75) is 18.7 Å². The molecule has 1 aliphatic heterocycles. The Morgan fingerprint density at radius 1 is 1.39 bits per heavy atom. The van der Waals surface area contributed by atoms with Crippen molar-refractivity contribution in [3.05, 3.63) is 35.1 Å². The highest BCUT2D eigenvalue weighted by Crippen LogP contribution is 2.34. The van der Waals surface area contributed by atoms with Crippen molar-refractivity contribution in [1.82, 2.24) is 0 Å². The first-order valence-electron chi connectivity index (χ1n) is 5.21. The second-order valence-electron chi connectivity index (χ2n) is 3.89. The lowest BCUT2D eigenvalue weighted by molar-refractivity contribution is -0.137. The van der Waals surface area contributed by atoms with Crippen LogP contribution >= 0.6 is 0 Å². The second-order valence-corrected chi connectivity index (χ2v) is 3.89. The van der Waals surface area contributed by atoms with Gasteiger partial charge in [-0.3, -0.25) is 0 Å². The number of hydrogen-bond acceptors (Lipinski definition) is 3. The van der Waals surface area contributed by atoms with Gasteiger partial charge in [0.2, 0.25) is 0 Å². The van der Waals surface area contributed by atoms with Gasteiger partial charge in [0, 0.05) is 18.5 Å². The third-order valence-corrected chi connectivity index (χ3v) is 2.59. The average Bonchev–Trinajstić information content (AvgIpc) is 2.76.